The third-order valence-corrected chi connectivity index (χ3v) is 5.43. The van der Waals surface area contributed by atoms with E-state index >= 15 is 0 Å². The number of unbranched alkanes of at least 4 members (excludes halogenated alkanes) is 5. The third-order valence-electron chi connectivity index (χ3n) is 5.43. The first-order valence-corrected chi connectivity index (χ1v) is 11.0. The van der Waals surface area contributed by atoms with Gasteiger partial charge in [-0.15, -0.1) is 0 Å². The molecule has 0 aliphatic carbocycles. The summed E-state index contributed by atoms with van der Waals surface area (Å²) in [5.74, 6) is -0.273. The lowest BCUT2D eigenvalue weighted by Gasteiger charge is -2.22. The standard InChI is InChI=1S/C22H35N3O6/c1-4-5-6-7-8-9-12-23-19(26)11-10-16-13-25(22(28)24-21(16)27)17-14-31-18(15-29-2)20(17)30-3/h10-11,13,17-18,20H,4-9,12,14-15H2,1-3H3,(H,23,26)(H,24,27,28). The normalized spacial score (nSPS) is 21.1. The fourth-order valence-electron chi connectivity index (χ4n) is 3.72. The van der Waals surface area contributed by atoms with Gasteiger partial charge in [0.15, 0.2) is 0 Å². The Balaban J connectivity index is 1.99. The van der Waals surface area contributed by atoms with Gasteiger partial charge in [-0.3, -0.25) is 19.1 Å². The van der Waals surface area contributed by atoms with Gasteiger partial charge in [0.1, 0.15) is 12.2 Å². The summed E-state index contributed by atoms with van der Waals surface area (Å²) in [5.41, 5.74) is -0.898. The van der Waals surface area contributed by atoms with Gasteiger partial charge in [0.25, 0.3) is 5.56 Å². The van der Waals surface area contributed by atoms with Gasteiger partial charge in [0, 0.05) is 33.0 Å². The molecule has 3 atom stereocenters. The van der Waals surface area contributed by atoms with Gasteiger partial charge in [-0.05, 0) is 12.5 Å². The van der Waals surface area contributed by atoms with Crippen LogP contribution < -0.4 is 16.6 Å². The predicted octanol–water partition coefficient (Wildman–Crippen LogP) is 1.63. The molecule has 0 radical (unpaired) electrons. The second-order valence-electron chi connectivity index (χ2n) is 7.74. The first-order valence-electron chi connectivity index (χ1n) is 11.0. The van der Waals surface area contributed by atoms with E-state index in [1.807, 2.05) is 0 Å². The first-order chi connectivity index (χ1) is 15.0. The van der Waals surface area contributed by atoms with E-state index < -0.39 is 23.4 Å². The van der Waals surface area contributed by atoms with Crippen molar-refractivity contribution in [2.75, 3.05) is 34.0 Å². The number of H-pyrrole nitrogens is 1. The molecular weight excluding hydrogens is 402 g/mol. The van der Waals surface area contributed by atoms with Gasteiger partial charge in [0.05, 0.1) is 24.8 Å². The summed E-state index contributed by atoms with van der Waals surface area (Å²) in [4.78, 5) is 38.9. The van der Waals surface area contributed by atoms with Crippen molar-refractivity contribution in [3.8, 4) is 0 Å². The van der Waals surface area contributed by atoms with Crippen LogP contribution in [0.4, 0.5) is 0 Å². The molecule has 2 heterocycles. The molecule has 0 saturated carbocycles. The number of rotatable bonds is 13. The topological polar surface area (TPSA) is 112 Å². The zero-order valence-electron chi connectivity index (χ0n) is 18.7. The molecule has 0 bridgehead atoms. The number of amides is 1. The van der Waals surface area contributed by atoms with Crippen LogP contribution in [0, 0.1) is 0 Å². The van der Waals surface area contributed by atoms with Gasteiger partial charge < -0.3 is 19.5 Å². The Hall–Kier alpha value is -2.23. The summed E-state index contributed by atoms with van der Waals surface area (Å²) in [6.07, 6.45) is 10.3. The van der Waals surface area contributed by atoms with Crippen molar-refractivity contribution in [3.05, 3.63) is 38.7 Å². The van der Waals surface area contributed by atoms with E-state index in [0.717, 1.165) is 12.8 Å². The molecule has 9 nitrogen and oxygen atoms in total. The molecule has 2 N–H and O–H groups in total. The summed E-state index contributed by atoms with van der Waals surface area (Å²) in [6, 6.07) is -0.414. The lowest BCUT2D eigenvalue weighted by atomic mass is 10.1. The van der Waals surface area contributed by atoms with Crippen LogP contribution in [-0.2, 0) is 19.0 Å². The van der Waals surface area contributed by atoms with Crippen LogP contribution in [0.3, 0.4) is 0 Å². The number of hydrogen-bond donors (Lipinski definition) is 2. The molecule has 2 rings (SSSR count). The number of carbonyl (C=O) groups excluding carboxylic acids is 1. The highest BCUT2D eigenvalue weighted by molar-refractivity contribution is 5.91. The van der Waals surface area contributed by atoms with Crippen molar-refractivity contribution >= 4 is 12.0 Å². The molecule has 1 fully saturated rings. The highest BCUT2D eigenvalue weighted by atomic mass is 16.6. The third kappa shape index (κ3) is 7.45. The van der Waals surface area contributed by atoms with E-state index in [-0.39, 0.29) is 24.2 Å². The molecule has 1 aromatic rings. The number of methoxy groups -OCH3 is 2. The maximum absolute atomic E-state index is 12.4. The van der Waals surface area contributed by atoms with Crippen LogP contribution in [0.2, 0.25) is 0 Å². The van der Waals surface area contributed by atoms with Gasteiger partial charge >= 0.3 is 5.69 Å². The quantitative estimate of drug-likeness (QED) is 0.358. The summed E-state index contributed by atoms with van der Waals surface area (Å²) < 4.78 is 17.7. The maximum Gasteiger partial charge on any atom is 0.328 e. The lowest BCUT2D eigenvalue weighted by molar-refractivity contribution is -0.116. The van der Waals surface area contributed by atoms with E-state index in [2.05, 4.69) is 17.2 Å². The minimum Gasteiger partial charge on any atom is -0.382 e. The van der Waals surface area contributed by atoms with E-state index in [0.29, 0.717) is 13.2 Å². The number of nitrogens with zero attached hydrogens (tertiary/aromatic N) is 1. The number of aromatic amines is 1. The Kier molecular flexibility index (Phi) is 10.7. The predicted molar refractivity (Wildman–Crippen MR) is 118 cm³/mol. The van der Waals surface area contributed by atoms with Crippen molar-refractivity contribution in [2.24, 2.45) is 0 Å². The van der Waals surface area contributed by atoms with Crippen LogP contribution in [0.1, 0.15) is 57.1 Å². The van der Waals surface area contributed by atoms with Crippen LogP contribution in [0.25, 0.3) is 6.08 Å². The monoisotopic (exact) mass is 437 g/mol. The highest BCUT2D eigenvalue weighted by Crippen LogP contribution is 2.26. The van der Waals surface area contributed by atoms with Gasteiger partial charge in [-0.25, -0.2) is 4.79 Å². The number of ether oxygens (including phenoxy) is 3. The average molecular weight is 438 g/mol. The van der Waals surface area contributed by atoms with Crippen LogP contribution in [0.5, 0.6) is 0 Å². The Morgan fingerprint density at radius 3 is 2.71 bits per heavy atom. The largest absolute Gasteiger partial charge is 0.382 e. The maximum atomic E-state index is 12.4. The molecule has 1 aliphatic rings. The summed E-state index contributed by atoms with van der Waals surface area (Å²) in [7, 11) is 3.11. The van der Waals surface area contributed by atoms with Crippen molar-refractivity contribution in [1.29, 1.82) is 0 Å². The molecule has 0 spiro atoms. The van der Waals surface area contributed by atoms with Crippen molar-refractivity contribution < 1.29 is 19.0 Å². The molecule has 1 saturated heterocycles. The molecule has 9 heteroatoms. The minimum absolute atomic E-state index is 0.208. The van der Waals surface area contributed by atoms with Crippen molar-refractivity contribution in [2.45, 2.75) is 63.7 Å². The number of hydrogen-bond acceptors (Lipinski definition) is 6. The Bertz CT molecular complexity index is 831. The molecule has 1 amide bonds. The second kappa shape index (κ2) is 13.2. The minimum atomic E-state index is -0.553. The lowest BCUT2D eigenvalue weighted by Crippen LogP contribution is -2.40. The Morgan fingerprint density at radius 2 is 2.00 bits per heavy atom. The second-order valence-corrected chi connectivity index (χ2v) is 7.74. The number of nitrogens with one attached hydrogen (secondary N) is 2. The number of carbonyl (C=O) groups is 1. The first kappa shape index (κ1) is 25.0. The van der Waals surface area contributed by atoms with E-state index in [9.17, 15) is 14.4 Å². The molecule has 1 aliphatic heterocycles. The highest BCUT2D eigenvalue weighted by Gasteiger charge is 2.39. The van der Waals surface area contributed by atoms with E-state index in [4.69, 9.17) is 14.2 Å². The van der Waals surface area contributed by atoms with Crippen molar-refractivity contribution in [3.63, 3.8) is 0 Å². The fraction of sp³-hybridized carbons (Fsp3) is 0.682. The smallest absolute Gasteiger partial charge is 0.328 e. The zero-order chi connectivity index (χ0) is 22.6. The molecule has 174 valence electrons. The molecule has 31 heavy (non-hydrogen) atoms. The van der Waals surface area contributed by atoms with E-state index in [1.165, 1.54) is 48.6 Å². The molecule has 3 unspecified atom stereocenters. The summed E-state index contributed by atoms with van der Waals surface area (Å²) in [5, 5.41) is 2.82. The zero-order valence-corrected chi connectivity index (χ0v) is 18.7. The van der Waals surface area contributed by atoms with Gasteiger partial charge in [-0.1, -0.05) is 39.0 Å². The van der Waals surface area contributed by atoms with E-state index in [1.54, 1.807) is 14.2 Å². The van der Waals surface area contributed by atoms with Crippen molar-refractivity contribution in [1.82, 2.24) is 14.9 Å². The fourth-order valence-corrected chi connectivity index (χ4v) is 3.72. The Labute approximate surface area is 182 Å². The molecular formula is C22H35N3O6. The average Bonchev–Trinajstić information content (AvgIpc) is 3.15. The van der Waals surface area contributed by atoms with Gasteiger partial charge in [0.2, 0.25) is 5.91 Å². The van der Waals surface area contributed by atoms with Crippen LogP contribution in [-0.4, -0.2) is 61.6 Å². The number of aromatic nitrogens is 2. The summed E-state index contributed by atoms with van der Waals surface area (Å²) in [6.45, 7) is 3.36. The Morgan fingerprint density at radius 1 is 1.26 bits per heavy atom. The summed E-state index contributed by atoms with van der Waals surface area (Å²) >= 11 is 0. The van der Waals surface area contributed by atoms with Crippen LogP contribution in [0.15, 0.2) is 21.9 Å². The van der Waals surface area contributed by atoms with Crippen LogP contribution >= 0.6 is 0 Å². The SMILES string of the molecule is CCCCCCCCNC(=O)C=Cc1cn(C2COC(COC)C2OC)c(=O)[nH]c1=O. The molecule has 1 aromatic heterocycles. The molecule has 0 aromatic carbocycles. The van der Waals surface area contributed by atoms with Gasteiger partial charge in [-0.2, -0.15) is 0 Å².